The molecule has 1 aliphatic carbocycles. The van der Waals surface area contributed by atoms with E-state index < -0.39 is 5.41 Å². The maximum absolute atomic E-state index is 14.0. The van der Waals surface area contributed by atoms with E-state index in [0.29, 0.717) is 21.7 Å². The van der Waals surface area contributed by atoms with Gasteiger partial charge in [0, 0.05) is 23.2 Å². The molecule has 1 aliphatic heterocycles. The van der Waals surface area contributed by atoms with Gasteiger partial charge in [-0.2, -0.15) is 0 Å². The molecule has 0 N–H and O–H groups in total. The number of fused-ring (bicyclic) bond motifs is 2. The second kappa shape index (κ2) is 7.82. The van der Waals surface area contributed by atoms with Crippen molar-refractivity contribution >= 4 is 33.1 Å². The zero-order chi connectivity index (χ0) is 20.8. The zero-order valence-corrected chi connectivity index (χ0v) is 18.4. The van der Waals surface area contributed by atoms with Crippen molar-refractivity contribution in [1.82, 2.24) is 4.90 Å². The molecule has 29 heavy (non-hydrogen) atoms. The number of Topliss-reactive ketones (excluding diaryl/α,β-unsaturated/α-hetero) is 1. The van der Waals surface area contributed by atoms with Crippen molar-refractivity contribution in [3.8, 4) is 0 Å². The van der Waals surface area contributed by atoms with E-state index in [1.807, 2.05) is 25.7 Å². The first kappa shape index (κ1) is 20.5. The van der Waals surface area contributed by atoms with E-state index in [4.69, 9.17) is 0 Å². The molecule has 2 fully saturated rings. The lowest BCUT2D eigenvalue weighted by Gasteiger charge is -2.41. The van der Waals surface area contributed by atoms with Crippen molar-refractivity contribution in [3.63, 3.8) is 0 Å². The fourth-order valence-electron chi connectivity index (χ4n) is 4.91. The standard InChI is InChI=1S/C24H30FNO2S/c1-24(2,3)23(28)22-19(18-12-17(25)8-9-20(18)29-22)13-21(27)26-11-10-15-6-4-5-7-16(15)14-26/h8-9,12,15-16H,4-7,10-11,13-14H2,1-3H3/t15-,16+/m1/s1. The predicted octanol–water partition coefficient (Wildman–Crippen LogP) is 5.85. The molecule has 0 bridgehead atoms. The summed E-state index contributed by atoms with van der Waals surface area (Å²) in [6.07, 6.45) is 6.36. The third kappa shape index (κ3) is 4.11. The molecule has 0 unspecified atom stereocenters. The minimum absolute atomic E-state index is 0.0212. The van der Waals surface area contributed by atoms with Crippen LogP contribution >= 0.6 is 11.3 Å². The van der Waals surface area contributed by atoms with Crippen LogP contribution in [0.1, 0.15) is 68.1 Å². The van der Waals surface area contributed by atoms with Crippen LogP contribution in [0.4, 0.5) is 4.39 Å². The highest BCUT2D eigenvalue weighted by molar-refractivity contribution is 7.21. The first-order chi connectivity index (χ1) is 13.7. The van der Waals surface area contributed by atoms with Crippen molar-refractivity contribution in [2.24, 2.45) is 17.3 Å². The number of nitrogens with zero attached hydrogens (tertiary/aromatic N) is 1. The number of carbonyl (C=O) groups excluding carboxylic acids is 2. The SMILES string of the molecule is CC(C)(C)C(=O)c1sc2ccc(F)cc2c1CC(=O)N1CC[C@H]2CCCC[C@H]2C1. The van der Waals surface area contributed by atoms with E-state index in [-0.39, 0.29) is 23.9 Å². The van der Waals surface area contributed by atoms with Crippen molar-refractivity contribution < 1.29 is 14.0 Å². The first-order valence-electron chi connectivity index (χ1n) is 10.8. The fraction of sp³-hybridized carbons (Fsp3) is 0.583. The molecule has 2 aromatic rings. The Morgan fingerprint density at radius 1 is 1.14 bits per heavy atom. The van der Waals surface area contributed by atoms with Gasteiger partial charge in [-0.25, -0.2) is 4.39 Å². The first-order valence-corrected chi connectivity index (χ1v) is 11.6. The Bertz CT molecular complexity index is 942. The van der Waals surface area contributed by atoms with Crippen LogP contribution in [0, 0.1) is 23.1 Å². The molecule has 1 saturated carbocycles. The number of ketones is 1. The van der Waals surface area contributed by atoms with Crippen LogP contribution in [-0.2, 0) is 11.2 Å². The monoisotopic (exact) mass is 415 g/mol. The molecule has 0 radical (unpaired) electrons. The van der Waals surface area contributed by atoms with Gasteiger partial charge in [0.1, 0.15) is 5.82 Å². The van der Waals surface area contributed by atoms with E-state index >= 15 is 0 Å². The Morgan fingerprint density at radius 2 is 1.86 bits per heavy atom. The molecular formula is C24H30FNO2S. The lowest BCUT2D eigenvalue weighted by atomic mass is 9.75. The van der Waals surface area contributed by atoms with Gasteiger partial charge in [0.15, 0.2) is 5.78 Å². The van der Waals surface area contributed by atoms with Crippen LogP contribution in [0.15, 0.2) is 18.2 Å². The quantitative estimate of drug-likeness (QED) is 0.590. The fourth-order valence-corrected chi connectivity index (χ4v) is 6.26. The van der Waals surface area contributed by atoms with E-state index in [0.717, 1.165) is 30.1 Å². The second-order valence-corrected chi connectivity index (χ2v) is 10.8. The average Bonchev–Trinajstić information content (AvgIpc) is 3.03. The van der Waals surface area contributed by atoms with Crippen molar-refractivity contribution in [1.29, 1.82) is 0 Å². The number of hydrogen-bond donors (Lipinski definition) is 0. The lowest BCUT2D eigenvalue weighted by molar-refractivity contribution is -0.133. The van der Waals surface area contributed by atoms with Gasteiger partial charge >= 0.3 is 0 Å². The maximum atomic E-state index is 14.0. The number of benzene rings is 1. The summed E-state index contributed by atoms with van der Waals surface area (Å²) in [6, 6.07) is 4.61. The third-order valence-electron chi connectivity index (χ3n) is 6.61. The molecule has 0 spiro atoms. The van der Waals surface area contributed by atoms with Crippen LogP contribution in [0.5, 0.6) is 0 Å². The highest BCUT2D eigenvalue weighted by Gasteiger charge is 2.34. The Labute approximate surface area is 176 Å². The highest BCUT2D eigenvalue weighted by Crippen LogP contribution is 2.38. The molecule has 1 aromatic carbocycles. The number of hydrogen-bond acceptors (Lipinski definition) is 3. The van der Waals surface area contributed by atoms with Gasteiger partial charge in [-0.3, -0.25) is 9.59 Å². The van der Waals surface area contributed by atoms with E-state index in [2.05, 4.69) is 0 Å². The number of piperidine rings is 1. The Kier molecular flexibility index (Phi) is 5.54. The van der Waals surface area contributed by atoms with Crippen LogP contribution in [0.2, 0.25) is 0 Å². The molecule has 2 heterocycles. The summed E-state index contributed by atoms with van der Waals surface area (Å²) in [7, 11) is 0. The van der Waals surface area contributed by atoms with Gasteiger partial charge in [-0.15, -0.1) is 11.3 Å². The second-order valence-electron chi connectivity index (χ2n) is 9.74. The van der Waals surface area contributed by atoms with Gasteiger partial charge in [0.05, 0.1) is 11.3 Å². The number of amides is 1. The summed E-state index contributed by atoms with van der Waals surface area (Å²) in [5.41, 5.74) is 0.165. The molecule has 1 amide bonds. The summed E-state index contributed by atoms with van der Waals surface area (Å²) in [6.45, 7) is 7.31. The number of thiophene rings is 1. The number of halogens is 1. The molecular weight excluding hydrogens is 385 g/mol. The van der Waals surface area contributed by atoms with Gasteiger partial charge in [-0.1, -0.05) is 40.0 Å². The smallest absolute Gasteiger partial charge is 0.227 e. The van der Waals surface area contributed by atoms with E-state index in [9.17, 15) is 14.0 Å². The molecule has 156 valence electrons. The Hall–Kier alpha value is -1.75. The molecule has 4 rings (SSSR count). The van der Waals surface area contributed by atoms with Crippen molar-refractivity contribution in [3.05, 3.63) is 34.5 Å². The number of carbonyl (C=O) groups is 2. The van der Waals surface area contributed by atoms with Crippen LogP contribution in [0.3, 0.4) is 0 Å². The molecule has 3 nitrogen and oxygen atoms in total. The summed E-state index contributed by atoms with van der Waals surface area (Å²) in [5, 5.41) is 0.712. The number of likely N-dealkylation sites (tertiary alicyclic amines) is 1. The van der Waals surface area contributed by atoms with Gasteiger partial charge in [0.25, 0.3) is 0 Å². The van der Waals surface area contributed by atoms with E-state index in [1.54, 1.807) is 6.07 Å². The van der Waals surface area contributed by atoms with Crippen molar-refractivity contribution in [2.45, 2.75) is 59.3 Å². The van der Waals surface area contributed by atoms with Crippen molar-refractivity contribution in [2.75, 3.05) is 13.1 Å². The molecule has 2 aliphatic rings. The summed E-state index contributed by atoms with van der Waals surface area (Å²) >= 11 is 1.39. The van der Waals surface area contributed by atoms with Gasteiger partial charge in [0.2, 0.25) is 5.91 Å². The Morgan fingerprint density at radius 3 is 2.59 bits per heavy atom. The maximum Gasteiger partial charge on any atom is 0.227 e. The molecule has 2 atom stereocenters. The van der Waals surface area contributed by atoms with Gasteiger partial charge in [-0.05, 0) is 53.8 Å². The van der Waals surface area contributed by atoms with Crippen LogP contribution in [0.25, 0.3) is 10.1 Å². The minimum atomic E-state index is -0.544. The highest BCUT2D eigenvalue weighted by atomic mass is 32.1. The van der Waals surface area contributed by atoms with Crippen LogP contribution < -0.4 is 0 Å². The molecule has 5 heteroatoms. The summed E-state index contributed by atoms with van der Waals surface area (Å²) < 4.78 is 14.8. The summed E-state index contributed by atoms with van der Waals surface area (Å²) in [4.78, 5) is 28.9. The van der Waals surface area contributed by atoms with Crippen LogP contribution in [-0.4, -0.2) is 29.7 Å². The summed E-state index contributed by atoms with van der Waals surface area (Å²) in [5.74, 6) is 1.14. The lowest BCUT2D eigenvalue weighted by Crippen LogP contribution is -2.45. The minimum Gasteiger partial charge on any atom is -0.342 e. The van der Waals surface area contributed by atoms with E-state index in [1.165, 1.54) is 49.2 Å². The topological polar surface area (TPSA) is 37.4 Å². The Balaban J connectivity index is 1.63. The average molecular weight is 416 g/mol. The largest absolute Gasteiger partial charge is 0.342 e. The normalized spacial score (nSPS) is 22.6. The zero-order valence-electron chi connectivity index (χ0n) is 17.6. The molecule has 1 saturated heterocycles. The predicted molar refractivity (Wildman–Crippen MR) is 116 cm³/mol. The van der Waals surface area contributed by atoms with Gasteiger partial charge < -0.3 is 4.90 Å². The molecule has 1 aromatic heterocycles. The third-order valence-corrected chi connectivity index (χ3v) is 7.82. The number of rotatable bonds is 3.